The minimum Gasteiger partial charge on any atom is -0.454 e. The van der Waals surface area contributed by atoms with Crippen LogP contribution in [0.15, 0.2) is 41.3 Å². The molecule has 2 aliphatic heterocycles. The quantitative estimate of drug-likeness (QED) is 0.622. The molecule has 0 saturated carbocycles. The largest absolute Gasteiger partial charge is 0.454 e. The van der Waals surface area contributed by atoms with E-state index < -0.39 is 33.9 Å². The number of anilines is 1. The molecule has 2 heterocycles. The lowest BCUT2D eigenvalue weighted by Crippen LogP contribution is -2.41. The van der Waals surface area contributed by atoms with E-state index in [2.05, 4.69) is 5.32 Å². The SMILES string of the molecule is Cc1ccc(S(=O)(=O)N2CCC(C(=O)OC(C)C(=O)Nc3ccc4c(c3)OCO4)CC2)cc1C. The smallest absolute Gasteiger partial charge is 0.309 e. The Hall–Kier alpha value is -3.11. The monoisotopic (exact) mass is 488 g/mol. The molecular formula is C24H28N2O7S. The van der Waals surface area contributed by atoms with Crippen LogP contribution in [-0.2, 0) is 24.3 Å². The number of nitrogens with one attached hydrogen (secondary N) is 1. The summed E-state index contributed by atoms with van der Waals surface area (Å²) in [6.45, 7) is 5.87. The van der Waals surface area contributed by atoms with E-state index in [-0.39, 0.29) is 24.8 Å². The second-order valence-corrected chi connectivity index (χ2v) is 10.5. The predicted octanol–water partition coefficient (Wildman–Crippen LogP) is 3.00. The standard InChI is InChI=1S/C24H28N2O7S/c1-15-4-6-20(12-16(15)2)34(29,30)26-10-8-18(9-11-26)24(28)33-17(3)23(27)25-19-5-7-21-22(13-19)32-14-31-21/h4-7,12-13,17-18H,8-11,14H2,1-3H3,(H,25,27). The summed E-state index contributed by atoms with van der Waals surface area (Å²) in [5, 5.41) is 2.69. The van der Waals surface area contributed by atoms with Crippen LogP contribution in [0.4, 0.5) is 5.69 Å². The van der Waals surface area contributed by atoms with E-state index >= 15 is 0 Å². The first-order valence-electron chi connectivity index (χ1n) is 11.1. The fraction of sp³-hybridized carbons (Fsp3) is 0.417. The molecule has 34 heavy (non-hydrogen) atoms. The predicted molar refractivity (Wildman–Crippen MR) is 124 cm³/mol. The number of fused-ring (bicyclic) bond motifs is 1. The van der Waals surface area contributed by atoms with Crippen molar-refractivity contribution in [2.24, 2.45) is 5.92 Å². The van der Waals surface area contributed by atoms with Crippen molar-refractivity contribution in [2.45, 2.75) is 44.6 Å². The maximum absolute atomic E-state index is 13.0. The molecule has 2 aromatic rings. The molecule has 1 saturated heterocycles. The number of aryl methyl sites for hydroxylation is 2. The van der Waals surface area contributed by atoms with Gasteiger partial charge in [-0.2, -0.15) is 4.31 Å². The molecule has 2 aromatic carbocycles. The highest BCUT2D eigenvalue weighted by Gasteiger charge is 2.34. The average Bonchev–Trinajstić information content (AvgIpc) is 3.28. The second kappa shape index (κ2) is 9.63. The molecule has 0 spiro atoms. The number of nitrogens with zero attached hydrogens (tertiary/aromatic N) is 1. The van der Waals surface area contributed by atoms with Gasteiger partial charge in [0.15, 0.2) is 17.6 Å². The Bertz CT molecular complexity index is 1200. The van der Waals surface area contributed by atoms with Crippen molar-refractivity contribution in [3.8, 4) is 11.5 Å². The normalized spacial score (nSPS) is 17.3. The Morgan fingerprint density at radius 1 is 1.03 bits per heavy atom. The lowest BCUT2D eigenvalue weighted by atomic mass is 9.98. The van der Waals surface area contributed by atoms with Crippen LogP contribution in [0, 0.1) is 19.8 Å². The summed E-state index contributed by atoms with van der Waals surface area (Å²) in [4.78, 5) is 25.4. The van der Waals surface area contributed by atoms with Crippen molar-refractivity contribution >= 4 is 27.6 Å². The molecule has 1 fully saturated rings. The second-order valence-electron chi connectivity index (χ2n) is 8.56. The molecule has 1 amide bonds. The third-order valence-corrected chi connectivity index (χ3v) is 8.10. The van der Waals surface area contributed by atoms with Crippen LogP contribution < -0.4 is 14.8 Å². The number of rotatable bonds is 6. The van der Waals surface area contributed by atoms with Gasteiger partial charge in [-0.25, -0.2) is 8.42 Å². The number of ether oxygens (including phenoxy) is 3. The van der Waals surface area contributed by atoms with E-state index in [9.17, 15) is 18.0 Å². The van der Waals surface area contributed by atoms with E-state index in [0.29, 0.717) is 30.0 Å². The topological polar surface area (TPSA) is 111 Å². The van der Waals surface area contributed by atoms with Gasteiger partial charge in [-0.05, 0) is 69.0 Å². The molecule has 1 atom stereocenters. The van der Waals surface area contributed by atoms with Crippen LogP contribution in [0.1, 0.15) is 30.9 Å². The van der Waals surface area contributed by atoms with Gasteiger partial charge in [-0.1, -0.05) is 6.07 Å². The first-order valence-corrected chi connectivity index (χ1v) is 12.6. The van der Waals surface area contributed by atoms with Gasteiger partial charge in [0.05, 0.1) is 10.8 Å². The Morgan fingerprint density at radius 2 is 1.74 bits per heavy atom. The molecule has 0 aliphatic carbocycles. The summed E-state index contributed by atoms with van der Waals surface area (Å²) in [5.41, 5.74) is 2.44. The van der Waals surface area contributed by atoms with Crippen LogP contribution in [0.3, 0.4) is 0 Å². The Kier molecular flexibility index (Phi) is 6.81. The zero-order valence-electron chi connectivity index (χ0n) is 19.4. The highest BCUT2D eigenvalue weighted by Crippen LogP contribution is 2.34. The molecule has 0 aromatic heterocycles. The van der Waals surface area contributed by atoms with Gasteiger partial charge in [0.2, 0.25) is 16.8 Å². The number of hydrogen-bond donors (Lipinski definition) is 1. The maximum Gasteiger partial charge on any atom is 0.309 e. The average molecular weight is 489 g/mol. The fourth-order valence-corrected chi connectivity index (χ4v) is 5.45. The lowest BCUT2D eigenvalue weighted by molar-refractivity contribution is -0.158. The van der Waals surface area contributed by atoms with E-state index in [1.54, 1.807) is 36.4 Å². The first-order chi connectivity index (χ1) is 16.1. The highest BCUT2D eigenvalue weighted by molar-refractivity contribution is 7.89. The van der Waals surface area contributed by atoms with Gasteiger partial charge < -0.3 is 19.5 Å². The maximum atomic E-state index is 13.0. The minimum absolute atomic E-state index is 0.130. The lowest BCUT2D eigenvalue weighted by Gasteiger charge is -2.30. The zero-order valence-corrected chi connectivity index (χ0v) is 20.2. The summed E-state index contributed by atoms with van der Waals surface area (Å²) in [7, 11) is -3.63. The summed E-state index contributed by atoms with van der Waals surface area (Å²) < 4.78 is 43.3. The molecule has 4 rings (SSSR count). The van der Waals surface area contributed by atoms with E-state index in [4.69, 9.17) is 14.2 Å². The fourth-order valence-electron chi connectivity index (χ4n) is 3.90. The van der Waals surface area contributed by atoms with Gasteiger partial charge in [0.25, 0.3) is 5.91 Å². The molecule has 182 valence electrons. The Balaban J connectivity index is 1.29. The number of carbonyl (C=O) groups is 2. The molecule has 9 nitrogen and oxygen atoms in total. The third-order valence-electron chi connectivity index (χ3n) is 6.21. The van der Waals surface area contributed by atoms with Crippen LogP contribution in [-0.4, -0.2) is 50.6 Å². The van der Waals surface area contributed by atoms with E-state index in [0.717, 1.165) is 11.1 Å². The van der Waals surface area contributed by atoms with Gasteiger partial charge in [-0.15, -0.1) is 0 Å². The zero-order chi connectivity index (χ0) is 24.5. The van der Waals surface area contributed by atoms with Crippen molar-refractivity contribution in [1.29, 1.82) is 0 Å². The van der Waals surface area contributed by atoms with Gasteiger partial charge >= 0.3 is 5.97 Å². The van der Waals surface area contributed by atoms with E-state index in [1.807, 2.05) is 13.8 Å². The van der Waals surface area contributed by atoms with Crippen molar-refractivity contribution in [2.75, 3.05) is 25.2 Å². The number of carbonyl (C=O) groups excluding carboxylic acids is 2. The molecule has 1 unspecified atom stereocenters. The van der Waals surface area contributed by atoms with Gasteiger partial charge in [0, 0.05) is 24.8 Å². The van der Waals surface area contributed by atoms with Gasteiger partial charge in [0.1, 0.15) is 0 Å². The molecule has 0 bridgehead atoms. The summed E-state index contributed by atoms with van der Waals surface area (Å²) in [6.07, 6.45) is -0.339. The summed E-state index contributed by atoms with van der Waals surface area (Å²) in [6, 6.07) is 10.1. The van der Waals surface area contributed by atoms with Crippen molar-refractivity contribution < 1.29 is 32.2 Å². The number of benzene rings is 2. The molecular weight excluding hydrogens is 460 g/mol. The van der Waals surface area contributed by atoms with Crippen LogP contribution in [0.25, 0.3) is 0 Å². The number of sulfonamides is 1. The number of amides is 1. The van der Waals surface area contributed by atoms with Crippen molar-refractivity contribution in [1.82, 2.24) is 4.31 Å². The first kappa shape index (κ1) is 24.0. The van der Waals surface area contributed by atoms with Crippen LogP contribution in [0.5, 0.6) is 11.5 Å². The molecule has 2 aliphatic rings. The molecule has 1 N–H and O–H groups in total. The van der Waals surface area contributed by atoms with Crippen LogP contribution in [0.2, 0.25) is 0 Å². The number of esters is 1. The molecule has 0 radical (unpaired) electrons. The van der Waals surface area contributed by atoms with Crippen LogP contribution >= 0.6 is 0 Å². The third kappa shape index (κ3) is 5.02. The number of hydrogen-bond acceptors (Lipinski definition) is 7. The highest BCUT2D eigenvalue weighted by atomic mass is 32.2. The summed E-state index contributed by atoms with van der Waals surface area (Å²) >= 11 is 0. The van der Waals surface area contributed by atoms with Crippen molar-refractivity contribution in [3.63, 3.8) is 0 Å². The van der Waals surface area contributed by atoms with E-state index in [1.165, 1.54) is 11.2 Å². The Labute approximate surface area is 199 Å². The molecule has 10 heteroatoms. The van der Waals surface area contributed by atoms with Crippen molar-refractivity contribution in [3.05, 3.63) is 47.5 Å². The summed E-state index contributed by atoms with van der Waals surface area (Å²) in [5.74, 6) is -0.307. The van der Waals surface area contributed by atoms with Gasteiger partial charge in [-0.3, -0.25) is 9.59 Å². The minimum atomic E-state index is -3.63. The number of piperidine rings is 1. The Morgan fingerprint density at radius 3 is 2.44 bits per heavy atom.